The molecule has 0 radical (unpaired) electrons. The number of hydrogen-bond donors (Lipinski definition) is 2. The predicted molar refractivity (Wildman–Crippen MR) is 78.6 cm³/mol. The maximum Gasteiger partial charge on any atom is 0.273 e. The molecule has 0 spiro atoms. The normalized spacial score (nSPS) is 11.6. The molecule has 3 N–H and O–H groups in total. The summed E-state index contributed by atoms with van der Waals surface area (Å²) in [6.45, 7) is 10.5. The third-order valence-corrected chi connectivity index (χ3v) is 3.12. The van der Waals surface area contributed by atoms with Gasteiger partial charge in [0.05, 0.1) is 0 Å². The highest BCUT2D eigenvalue weighted by Crippen LogP contribution is 2.04. The van der Waals surface area contributed by atoms with Crippen LogP contribution in [0, 0.1) is 0 Å². The second kappa shape index (κ2) is 8.01. The van der Waals surface area contributed by atoms with E-state index in [4.69, 9.17) is 10.2 Å². The fraction of sp³-hybridized carbons (Fsp3) is 0.714. The van der Waals surface area contributed by atoms with Crippen molar-refractivity contribution in [1.82, 2.24) is 15.2 Å². The van der Waals surface area contributed by atoms with Gasteiger partial charge >= 0.3 is 0 Å². The zero-order chi connectivity index (χ0) is 15.1. The van der Waals surface area contributed by atoms with Gasteiger partial charge in [0.15, 0.2) is 11.6 Å². The van der Waals surface area contributed by atoms with Crippen LogP contribution >= 0.6 is 0 Å². The highest BCUT2D eigenvalue weighted by Gasteiger charge is 2.15. The summed E-state index contributed by atoms with van der Waals surface area (Å²) in [4.78, 5) is 18.3. The average Bonchev–Trinajstić information content (AvgIpc) is 2.82. The number of nitrogens with zero attached hydrogens (tertiary/aromatic N) is 2. The van der Waals surface area contributed by atoms with E-state index in [2.05, 4.69) is 42.9 Å². The summed E-state index contributed by atoms with van der Waals surface area (Å²) in [7, 11) is 0. The van der Waals surface area contributed by atoms with Crippen LogP contribution in [0.1, 0.15) is 44.1 Å². The first-order chi connectivity index (χ1) is 9.45. The van der Waals surface area contributed by atoms with E-state index in [9.17, 15) is 4.79 Å². The number of nitrogens with two attached hydrogens (primary N) is 1. The Morgan fingerprint density at radius 3 is 2.60 bits per heavy atom. The van der Waals surface area contributed by atoms with Crippen molar-refractivity contribution < 1.29 is 9.21 Å². The third-order valence-electron chi connectivity index (χ3n) is 3.12. The maximum absolute atomic E-state index is 11.9. The van der Waals surface area contributed by atoms with Crippen molar-refractivity contribution in [1.29, 1.82) is 0 Å². The van der Waals surface area contributed by atoms with E-state index in [-0.39, 0.29) is 5.91 Å². The maximum atomic E-state index is 11.9. The van der Waals surface area contributed by atoms with Crippen LogP contribution in [0.15, 0.2) is 10.7 Å². The van der Waals surface area contributed by atoms with Crippen molar-refractivity contribution in [2.45, 2.75) is 46.2 Å². The molecule has 0 aromatic carbocycles. The van der Waals surface area contributed by atoms with Gasteiger partial charge in [-0.1, -0.05) is 0 Å². The van der Waals surface area contributed by atoms with E-state index in [0.29, 0.717) is 43.2 Å². The van der Waals surface area contributed by atoms with Crippen molar-refractivity contribution in [3.8, 4) is 0 Å². The zero-order valence-corrected chi connectivity index (χ0v) is 12.8. The molecule has 0 aliphatic carbocycles. The van der Waals surface area contributed by atoms with Crippen LogP contribution < -0.4 is 11.1 Å². The van der Waals surface area contributed by atoms with Gasteiger partial charge in [-0.25, -0.2) is 4.98 Å². The Morgan fingerprint density at radius 1 is 1.40 bits per heavy atom. The van der Waals surface area contributed by atoms with Crippen molar-refractivity contribution in [3.63, 3.8) is 0 Å². The Balaban J connectivity index is 2.42. The van der Waals surface area contributed by atoms with Crippen LogP contribution in [0.2, 0.25) is 0 Å². The summed E-state index contributed by atoms with van der Waals surface area (Å²) >= 11 is 0. The minimum atomic E-state index is -0.204. The van der Waals surface area contributed by atoms with Gasteiger partial charge in [0, 0.05) is 38.1 Å². The standard InChI is InChI=1S/C14H26N4O2/c1-10(2)18(11(3)4)8-7-16-14(19)12-9-20-13(17-12)5-6-15/h9-11H,5-8,15H2,1-4H3,(H,16,19). The molecule has 0 saturated heterocycles. The molecule has 0 saturated carbocycles. The summed E-state index contributed by atoms with van der Waals surface area (Å²) < 4.78 is 5.17. The number of carbonyl (C=O) groups excluding carboxylic acids is 1. The van der Waals surface area contributed by atoms with Crippen molar-refractivity contribution in [2.75, 3.05) is 19.6 Å². The number of hydrogen-bond acceptors (Lipinski definition) is 5. The van der Waals surface area contributed by atoms with Gasteiger partial charge in [0.1, 0.15) is 6.26 Å². The average molecular weight is 282 g/mol. The summed E-state index contributed by atoms with van der Waals surface area (Å²) in [5.74, 6) is 0.299. The van der Waals surface area contributed by atoms with Gasteiger partial charge in [-0.05, 0) is 27.7 Å². The summed E-state index contributed by atoms with van der Waals surface area (Å²) in [6, 6.07) is 0.908. The molecule has 20 heavy (non-hydrogen) atoms. The van der Waals surface area contributed by atoms with E-state index < -0.39 is 0 Å². The number of nitrogens with one attached hydrogen (secondary N) is 1. The number of aromatic nitrogens is 1. The molecule has 6 nitrogen and oxygen atoms in total. The van der Waals surface area contributed by atoms with Gasteiger partial charge in [0.2, 0.25) is 0 Å². The number of oxazole rings is 1. The van der Waals surface area contributed by atoms with Crippen LogP contribution in [0.25, 0.3) is 0 Å². The monoisotopic (exact) mass is 282 g/mol. The summed E-state index contributed by atoms with van der Waals surface area (Å²) in [6.07, 6.45) is 1.92. The molecular formula is C14H26N4O2. The first kappa shape index (κ1) is 16.7. The van der Waals surface area contributed by atoms with Gasteiger partial charge < -0.3 is 15.5 Å². The van der Waals surface area contributed by atoms with Gasteiger partial charge in [-0.3, -0.25) is 9.69 Å². The second-order valence-corrected chi connectivity index (χ2v) is 5.35. The number of carbonyl (C=O) groups is 1. The van der Waals surface area contributed by atoms with Crippen LogP contribution in [-0.4, -0.2) is 47.5 Å². The minimum Gasteiger partial charge on any atom is -0.448 e. The Kier molecular flexibility index (Phi) is 6.67. The first-order valence-electron chi connectivity index (χ1n) is 7.14. The lowest BCUT2D eigenvalue weighted by Crippen LogP contribution is -2.42. The molecular weight excluding hydrogens is 256 g/mol. The Morgan fingerprint density at radius 2 is 2.05 bits per heavy atom. The lowest BCUT2D eigenvalue weighted by molar-refractivity contribution is 0.0934. The minimum absolute atomic E-state index is 0.204. The fourth-order valence-corrected chi connectivity index (χ4v) is 2.16. The van der Waals surface area contributed by atoms with E-state index in [1.165, 1.54) is 6.26 Å². The topological polar surface area (TPSA) is 84.4 Å². The van der Waals surface area contributed by atoms with Crippen molar-refractivity contribution in [2.24, 2.45) is 5.73 Å². The molecule has 0 aliphatic rings. The Labute approximate surface area is 120 Å². The lowest BCUT2D eigenvalue weighted by atomic mass is 10.2. The molecule has 1 heterocycles. The summed E-state index contributed by atoms with van der Waals surface area (Å²) in [5, 5.41) is 2.86. The lowest BCUT2D eigenvalue weighted by Gasteiger charge is -2.30. The quantitative estimate of drug-likeness (QED) is 0.744. The molecule has 1 amide bonds. The van der Waals surface area contributed by atoms with E-state index >= 15 is 0 Å². The van der Waals surface area contributed by atoms with Crippen LogP contribution in [0.3, 0.4) is 0 Å². The highest BCUT2D eigenvalue weighted by molar-refractivity contribution is 5.91. The smallest absolute Gasteiger partial charge is 0.273 e. The highest BCUT2D eigenvalue weighted by atomic mass is 16.3. The molecule has 0 aliphatic heterocycles. The molecule has 0 bridgehead atoms. The molecule has 1 aromatic heterocycles. The zero-order valence-electron chi connectivity index (χ0n) is 12.8. The number of rotatable bonds is 8. The van der Waals surface area contributed by atoms with E-state index in [1.54, 1.807) is 0 Å². The van der Waals surface area contributed by atoms with Gasteiger partial charge in [-0.15, -0.1) is 0 Å². The molecule has 0 fully saturated rings. The Hall–Kier alpha value is -1.40. The molecule has 1 rings (SSSR count). The van der Waals surface area contributed by atoms with Crippen molar-refractivity contribution in [3.05, 3.63) is 17.8 Å². The largest absolute Gasteiger partial charge is 0.448 e. The molecule has 0 atom stereocenters. The first-order valence-corrected chi connectivity index (χ1v) is 7.14. The van der Waals surface area contributed by atoms with Crippen LogP contribution in [0.5, 0.6) is 0 Å². The van der Waals surface area contributed by atoms with Crippen LogP contribution in [0.4, 0.5) is 0 Å². The fourth-order valence-electron chi connectivity index (χ4n) is 2.16. The predicted octanol–water partition coefficient (Wildman–Crippen LogP) is 1.02. The Bertz CT molecular complexity index is 407. The SMILES string of the molecule is CC(C)N(CCNC(=O)c1coc(CCN)n1)C(C)C. The van der Waals surface area contributed by atoms with Crippen molar-refractivity contribution >= 4 is 5.91 Å². The van der Waals surface area contributed by atoms with E-state index in [0.717, 1.165) is 6.54 Å². The van der Waals surface area contributed by atoms with Gasteiger partial charge in [0.25, 0.3) is 5.91 Å². The molecule has 1 aromatic rings. The summed E-state index contributed by atoms with van der Waals surface area (Å²) in [5.41, 5.74) is 5.72. The molecule has 6 heteroatoms. The number of amides is 1. The van der Waals surface area contributed by atoms with Crippen LogP contribution in [-0.2, 0) is 6.42 Å². The molecule has 114 valence electrons. The van der Waals surface area contributed by atoms with E-state index in [1.807, 2.05) is 0 Å². The van der Waals surface area contributed by atoms with Gasteiger partial charge in [-0.2, -0.15) is 0 Å². The third kappa shape index (κ3) is 4.94. The second-order valence-electron chi connectivity index (χ2n) is 5.35. The molecule has 0 unspecified atom stereocenters.